The molecular weight excluding hydrogens is 286 g/mol. The zero-order valence-electron chi connectivity index (χ0n) is 11.5. The Morgan fingerprint density at radius 3 is 2.75 bits per heavy atom. The summed E-state index contributed by atoms with van der Waals surface area (Å²) >= 11 is 3.65. The third kappa shape index (κ3) is 3.70. The highest BCUT2D eigenvalue weighted by Gasteiger charge is 2.24. The van der Waals surface area contributed by atoms with Crippen LogP contribution < -0.4 is 5.32 Å². The van der Waals surface area contributed by atoms with E-state index in [4.69, 9.17) is 0 Å². The standard InChI is InChI=1S/C16H21NOS2/c18-13-5-1-4-12(10-13)17-15(16-7-3-9-20-16)11-14-6-2-8-19-14/h2-3,6-9,12-13,15,17-18H,1,4-5,10-11H2. The first-order chi connectivity index (χ1) is 9.81. The topological polar surface area (TPSA) is 32.3 Å². The molecule has 0 aromatic carbocycles. The van der Waals surface area contributed by atoms with Crippen LogP contribution >= 0.6 is 22.7 Å². The highest BCUT2D eigenvalue weighted by molar-refractivity contribution is 7.10. The molecule has 2 heterocycles. The number of nitrogens with one attached hydrogen (secondary N) is 1. The number of aliphatic hydroxyl groups excluding tert-OH is 1. The summed E-state index contributed by atoms with van der Waals surface area (Å²) in [5.74, 6) is 0. The van der Waals surface area contributed by atoms with Gasteiger partial charge in [-0.1, -0.05) is 12.1 Å². The second kappa shape index (κ2) is 6.85. The van der Waals surface area contributed by atoms with Gasteiger partial charge in [0.1, 0.15) is 0 Å². The lowest BCUT2D eigenvalue weighted by molar-refractivity contribution is 0.108. The predicted molar refractivity (Wildman–Crippen MR) is 86.5 cm³/mol. The number of hydrogen-bond acceptors (Lipinski definition) is 4. The summed E-state index contributed by atoms with van der Waals surface area (Å²) in [5, 5.41) is 17.9. The Morgan fingerprint density at radius 1 is 1.20 bits per heavy atom. The zero-order chi connectivity index (χ0) is 13.8. The van der Waals surface area contributed by atoms with E-state index in [0.717, 1.165) is 25.7 Å². The Balaban J connectivity index is 1.69. The van der Waals surface area contributed by atoms with Gasteiger partial charge in [-0.15, -0.1) is 22.7 Å². The van der Waals surface area contributed by atoms with Crippen molar-refractivity contribution in [2.24, 2.45) is 0 Å². The van der Waals surface area contributed by atoms with Crippen molar-refractivity contribution in [2.75, 3.05) is 0 Å². The quantitative estimate of drug-likeness (QED) is 0.875. The van der Waals surface area contributed by atoms with E-state index in [1.807, 2.05) is 22.7 Å². The van der Waals surface area contributed by atoms with Crippen LogP contribution in [0.5, 0.6) is 0 Å². The smallest absolute Gasteiger partial charge is 0.0555 e. The average molecular weight is 307 g/mol. The fraction of sp³-hybridized carbons (Fsp3) is 0.500. The molecule has 0 bridgehead atoms. The van der Waals surface area contributed by atoms with Crippen molar-refractivity contribution in [1.29, 1.82) is 0 Å². The van der Waals surface area contributed by atoms with Crippen molar-refractivity contribution in [2.45, 2.75) is 50.3 Å². The molecule has 108 valence electrons. The fourth-order valence-electron chi connectivity index (χ4n) is 2.96. The molecule has 0 aliphatic heterocycles. The normalized spacial score (nSPS) is 24.6. The SMILES string of the molecule is OC1CCCC(NC(Cc2cccs2)c2cccs2)C1. The Morgan fingerprint density at radius 2 is 2.05 bits per heavy atom. The van der Waals surface area contributed by atoms with E-state index in [2.05, 4.69) is 40.3 Å². The lowest BCUT2D eigenvalue weighted by atomic mass is 9.92. The van der Waals surface area contributed by atoms with E-state index in [9.17, 15) is 5.11 Å². The lowest BCUT2D eigenvalue weighted by Gasteiger charge is -2.30. The largest absolute Gasteiger partial charge is 0.393 e. The first-order valence-electron chi connectivity index (χ1n) is 7.31. The summed E-state index contributed by atoms with van der Waals surface area (Å²) in [5.41, 5.74) is 0. The van der Waals surface area contributed by atoms with Gasteiger partial charge in [0.05, 0.1) is 6.10 Å². The molecule has 1 saturated carbocycles. The van der Waals surface area contributed by atoms with Crippen LogP contribution in [-0.2, 0) is 6.42 Å². The summed E-state index contributed by atoms with van der Waals surface area (Å²) in [6, 6.07) is 9.50. The van der Waals surface area contributed by atoms with Gasteiger partial charge in [0.15, 0.2) is 0 Å². The Labute approximate surface area is 128 Å². The van der Waals surface area contributed by atoms with Gasteiger partial charge in [-0.25, -0.2) is 0 Å². The van der Waals surface area contributed by atoms with Gasteiger partial charge in [-0.2, -0.15) is 0 Å². The monoisotopic (exact) mass is 307 g/mol. The molecule has 2 aromatic heterocycles. The maximum atomic E-state index is 9.84. The molecule has 0 spiro atoms. The molecule has 3 atom stereocenters. The van der Waals surface area contributed by atoms with Crippen molar-refractivity contribution < 1.29 is 5.11 Å². The zero-order valence-corrected chi connectivity index (χ0v) is 13.1. The van der Waals surface area contributed by atoms with Crippen LogP contribution in [-0.4, -0.2) is 17.3 Å². The van der Waals surface area contributed by atoms with Gasteiger partial charge in [-0.05, 0) is 48.6 Å². The summed E-state index contributed by atoms with van der Waals surface area (Å²) in [6.07, 6.45) is 5.11. The Hall–Kier alpha value is -0.680. The Bertz CT molecular complexity index is 495. The van der Waals surface area contributed by atoms with Crippen LogP contribution in [0.25, 0.3) is 0 Å². The van der Waals surface area contributed by atoms with Gasteiger partial charge in [-0.3, -0.25) is 0 Å². The van der Waals surface area contributed by atoms with Gasteiger partial charge in [0.25, 0.3) is 0 Å². The van der Waals surface area contributed by atoms with E-state index in [-0.39, 0.29) is 6.10 Å². The van der Waals surface area contributed by atoms with Crippen molar-refractivity contribution in [1.82, 2.24) is 5.32 Å². The maximum Gasteiger partial charge on any atom is 0.0555 e. The van der Waals surface area contributed by atoms with Crippen LogP contribution in [0.2, 0.25) is 0 Å². The molecule has 3 rings (SSSR count). The number of rotatable bonds is 5. The molecule has 1 aliphatic carbocycles. The molecule has 1 aliphatic rings. The first-order valence-corrected chi connectivity index (χ1v) is 9.07. The number of thiophene rings is 2. The fourth-order valence-corrected chi connectivity index (χ4v) is 4.50. The average Bonchev–Trinajstić information content (AvgIpc) is 3.11. The molecule has 4 heteroatoms. The summed E-state index contributed by atoms with van der Waals surface area (Å²) in [7, 11) is 0. The van der Waals surface area contributed by atoms with Crippen molar-refractivity contribution in [3.05, 3.63) is 44.8 Å². The van der Waals surface area contributed by atoms with Crippen molar-refractivity contribution in [3.8, 4) is 0 Å². The van der Waals surface area contributed by atoms with E-state index in [1.165, 1.54) is 16.2 Å². The summed E-state index contributed by atoms with van der Waals surface area (Å²) < 4.78 is 0. The maximum absolute atomic E-state index is 9.84. The third-order valence-electron chi connectivity index (χ3n) is 3.96. The number of hydrogen-bond donors (Lipinski definition) is 2. The first kappa shape index (κ1) is 14.3. The minimum Gasteiger partial charge on any atom is -0.393 e. The van der Waals surface area contributed by atoms with E-state index >= 15 is 0 Å². The predicted octanol–water partition coefficient (Wildman–Crippen LogP) is 3.99. The highest BCUT2D eigenvalue weighted by Crippen LogP contribution is 2.28. The van der Waals surface area contributed by atoms with E-state index in [0.29, 0.717) is 12.1 Å². The lowest BCUT2D eigenvalue weighted by Crippen LogP contribution is -2.38. The molecule has 3 unspecified atom stereocenters. The second-order valence-corrected chi connectivity index (χ2v) is 7.55. The second-order valence-electron chi connectivity index (χ2n) is 5.54. The molecule has 2 aromatic rings. The minimum atomic E-state index is -0.119. The Kier molecular flexibility index (Phi) is 4.89. The highest BCUT2D eigenvalue weighted by atomic mass is 32.1. The van der Waals surface area contributed by atoms with Gasteiger partial charge in [0, 0.05) is 28.3 Å². The summed E-state index contributed by atoms with van der Waals surface area (Å²) in [4.78, 5) is 2.82. The van der Waals surface area contributed by atoms with Gasteiger partial charge in [0.2, 0.25) is 0 Å². The van der Waals surface area contributed by atoms with Gasteiger partial charge < -0.3 is 10.4 Å². The third-order valence-corrected chi connectivity index (χ3v) is 5.84. The summed E-state index contributed by atoms with van der Waals surface area (Å²) in [6.45, 7) is 0. The minimum absolute atomic E-state index is 0.119. The van der Waals surface area contributed by atoms with E-state index in [1.54, 1.807) is 0 Å². The molecule has 1 fully saturated rings. The van der Waals surface area contributed by atoms with Gasteiger partial charge >= 0.3 is 0 Å². The molecule has 2 N–H and O–H groups in total. The molecule has 0 radical (unpaired) electrons. The molecule has 0 amide bonds. The van der Waals surface area contributed by atoms with Crippen LogP contribution in [0.4, 0.5) is 0 Å². The van der Waals surface area contributed by atoms with Crippen molar-refractivity contribution >= 4 is 22.7 Å². The van der Waals surface area contributed by atoms with Crippen molar-refractivity contribution in [3.63, 3.8) is 0 Å². The van der Waals surface area contributed by atoms with Crippen LogP contribution in [0.15, 0.2) is 35.0 Å². The number of aliphatic hydroxyl groups is 1. The molecular formula is C16H21NOS2. The van der Waals surface area contributed by atoms with Crippen LogP contribution in [0, 0.1) is 0 Å². The molecule has 0 saturated heterocycles. The van der Waals surface area contributed by atoms with E-state index < -0.39 is 0 Å². The van der Waals surface area contributed by atoms with Crippen LogP contribution in [0.3, 0.4) is 0 Å². The molecule has 20 heavy (non-hydrogen) atoms. The van der Waals surface area contributed by atoms with Crippen LogP contribution in [0.1, 0.15) is 41.5 Å². The molecule has 2 nitrogen and oxygen atoms in total.